The summed E-state index contributed by atoms with van der Waals surface area (Å²) in [5.41, 5.74) is 3.58. The fourth-order valence-corrected chi connectivity index (χ4v) is 3.76. The lowest BCUT2D eigenvalue weighted by Crippen LogP contribution is -2.24. The summed E-state index contributed by atoms with van der Waals surface area (Å²) in [6.07, 6.45) is 3.86. The molecule has 1 fully saturated rings. The van der Waals surface area contributed by atoms with Crippen LogP contribution in [0.5, 0.6) is 0 Å². The molecule has 1 saturated heterocycles. The van der Waals surface area contributed by atoms with Gasteiger partial charge in [-0.2, -0.15) is 0 Å². The number of benzene rings is 2. The molecule has 1 amide bonds. The standard InChI is InChI=1S/C23H22N2O4/c1-2-15-6-4-9-18-19(13-24-22(15)18)20(26)14-29-23(28)16-7-3-8-17(12-16)25-11-5-10-21(25)27/h3-4,6-9,12-13,24H,2,5,10-11,14H2,1H3. The third kappa shape index (κ3) is 3.66. The number of Topliss-reactive ketones (excluding diaryl/α,β-unsaturated/α-hetero) is 1. The minimum Gasteiger partial charge on any atom is -0.454 e. The molecule has 1 N–H and O–H groups in total. The molecule has 0 radical (unpaired) electrons. The number of para-hydroxylation sites is 1. The van der Waals surface area contributed by atoms with E-state index in [1.807, 2.05) is 18.2 Å². The summed E-state index contributed by atoms with van der Waals surface area (Å²) in [5, 5.41) is 0.833. The molecule has 6 nitrogen and oxygen atoms in total. The van der Waals surface area contributed by atoms with Gasteiger partial charge in [-0.15, -0.1) is 0 Å². The van der Waals surface area contributed by atoms with Crippen LogP contribution in [0, 0.1) is 0 Å². The molecule has 0 unspecified atom stereocenters. The van der Waals surface area contributed by atoms with Crippen molar-refractivity contribution in [3.63, 3.8) is 0 Å². The van der Waals surface area contributed by atoms with Crippen LogP contribution in [0.3, 0.4) is 0 Å². The predicted molar refractivity (Wildman–Crippen MR) is 110 cm³/mol. The highest BCUT2D eigenvalue weighted by Gasteiger charge is 2.23. The number of carbonyl (C=O) groups excluding carboxylic acids is 3. The van der Waals surface area contributed by atoms with Crippen molar-refractivity contribution in [3.05, 3.63) is 65.4 Å². The van der Waals surface area contributed by atoms with Crippen molar-refractivity contribution in [1.82, 2.24) is 4.98 Å². The van der Waals surface area contributed by atoms with Crippen molar-refractivity contribution < 1.29 is 19.1 Å². The number of hydrogen-bond donors (Lipinski definition) is 1. The Bertz CT molecular complexity index is 1100. The first-order chi connectivity index (χ1) is 14.1. The zero-order valence-electron chi connectivity index (χ0n) is 16.2. The van der Waals surface area contributed by atoms with Gasteiger partial charge in [-0.1, -0.05) is 31.2 Å². The number of aromatic amines is 1. The fraction of sp³-hybridized carbons (Fsp3) is 0.261. The van der Waals surface area contributed by atoms with E-state index in [9.17, 15) is 14.4 Å². The van der Waals surface area contributed by atoms with Crippen molar-refractivity contribution in [2.24, 2.45) is 0 Å². The lowest BCUT2D eigenvalue weighted by atomic mass is 10.1. The topological polar surface area (TPSA) is 79.5 Å². The summed E-state index contributed by atoms with van der Waals surface area (Å²) in [6.45, 7) is 2.37. The monoisotopic (exact) mass is 390 g/mol. The Balaban J connectivity index is 1.46. The number of aryl methyl sites for hydroxylation is 1. The summed E-state index contributed by atoms with van der Waals surface area (Å²) in [4.78, 5) is 41.8. The first-order valence-corrected chi connectivity index (χ1v) is 9.78. The molecule has 0 atom stereocenters. The number of amides is 1. The Morgan fingerprint density at radius 1 is 1.17 bits per heavy atom. The van der Waals surface area contributed by atoms with Crippen LogP contribution in [0.4, 0.5) is 5.69 Å². The normalized spacial score (nSPS) is 13.8. The minimum absolute atomic E-state index is 0.0523. The van der Waals surface area contributed by atoms with Crippen molar-refractivity contribution in [3.8, 4) is 0 Å². The number of carbonyl (C=O) groups is 3. The molecule has 1 aromatic heterocycles. The average Bonchev–Trinajstić information content (AvgIpc) is 3.37. The van der Waals surface area contributed by atoms with Crippen LogP contribution < -0.4 is 4.90 Å². The lowest BCUT2D eigenvalue weighted by Gasteiger charge is -2.16. The van der Waals surface area contributed by atoms with Crippen LogP contribution in [0.25, 0.3) is 10.9 Å². The van der Waals surface area contributed by atoms with E-state index in [1.54, 1.807) is 35.4 Å². The number of nitrogens with one attached hydrogen (secondary N) is 1. The molecule has 0 aliphatic carbocycles. The summed E-state index contributed by atoms with van der Waals surface area (Å²) in [7, 11) is 0. The number of anilines is 1. The second kappa shape index (κ2) is 7.91. The van der Waals surface area contributed by atoms with Crippen molar-refractivity contribution in [2.45, 2.75) is 26.2 Å². The van der Waals surface area contributed by atoms with Gasteiger partial charge in [0.25, 0.3) is 0 Å². The number of rotatable bonds is 6. The average molecular weight is 390 g/mol. The third-order valence-corrected chi connectivity index (χ3v) is 5.28. The summed E-state index contributed by atoms with van der Waals surface area (Å²) >= 11 is 0. The number of esters is 1. The van der Waals surface area contributed by atoms with Gasteiger partial charge in [0.1, 0.15) is 0 Å². The highest BCUT2D eigenvalue weighted by molar-refractivity contribution is 6.09. The number of nitrogens with zero attached hydrogens (tertiary/aromatic N) is 1. The molecule has 2 aromatic carbocycles. The lowest BCUT2D eigenvalue weighted by molar-refractivity contribution is -0.117. The fourth-order valence-electron chi connectivity index (χ4n) is 3.76. The minimum atomic E-state index is -0.582. The van der Waals surface area contributed by atoms with Gasteiger partial charge in [-0.05, 0) is 36.6 Å². The van der Waals surface area contributed by atoms with Crippen LogP contribution in [0.2, 0.25) is 0 Å². The molecule has 29 heavy (non-hydrogen) atoms. The Morgan fingerprint density at radius 3 is 2.76 bits per heavy atom. The molecule has 0 spiro atoms. The molecular weight excluding hydrogens is 368 g/mol. The van der Waals surface area contributed by atoms with Gasteiger partial charge in [-0.3, -0.25) is 9.59 Å². The van der Waals surface area contributed by atoms with E-state index in [-0.39, 0.29) is 18.3 Å². The first-order valence-electron chi connectivity index (χ1n) is 9.78. The predicted octanol–water partition coefficient (Wildman–Crippen LogP) is 3.90. The number of aromatic nitrogens is 1. The first kappa shape index (κ1) is 18.9. The van der Waals surface area contributed by atoms with Crippen LogP contribution >= 0.6 is 0 Å². The van der Waals surface area contributed by atoms with E-state index in [0.29, 0.717) is 29.8 Å². The van der Waals surface area contributed by atoms with Gasteiger partial charge in [0.2, 0.25) is 11.7 Å². The van der Waals surface area contributed by atoms with Gasteiger partial charge in [0.05, 0.1) is 5.56 Å². The van der Waals surface area contributed by atoms with Crippen LogP contribution in [0.15, 0.2) is 48.7 Å². The van der Waals surface area contributed by atoms with E-state index in [1.165, 1.54) is 0 Å². The molecule has 6 heteroatoms. The summed E-state index contributed by atoms with van der Waals surface area (Å²) in [5.74, 6) is -0.791. The van der Waals surface area contributed by atoms with E-state index in [4.69, 9.17) is 4.74 Å². The smallest absolute Gasteiger partial charge is 0.338 e. The number of ketones is 1. The summed E-state index contributed by atoms with van der Waals surface area (Å²) < 4.78 is 5.26. The molecule has 148 valence electrons. The SMILES string of the molecule is CCc1cccc2c(C(=O)COC(=O)c3cccc(N4CCCC4=O)c3)c[nH]c12. The van der Waals surface area contributed by atoms with Gasteiger partial charge in [0, 0.05) is 41.3 Å². The van der Waals surface area contributed by atoms with Gasteiger partial charge in [0.15, 0.2) is 6.61 Å². The number of fused-ring (bicyclic) bond motifs is 1. The van der Waals surface area contributed by atoms with Gasteiger partial charge >= 0.3 is 5.97 Å². The largest absolute Gasteiger partial charge is 0.454 e. The maximum absolute atomic E-state index is 12.6. The quantitative estimate of drug-likeness (QED) is 0.511. The van der Waals surface area contributed by atoms with E-state index >= 15 is 0 Å². The molecule has 0 saturated carbocycles. The van der Waals surface area contributed by atoms with Crippen LogP contribution in [-0.4, -0.2) is 35.8 Å². The van der Waals surface area contributed by atoms with E-state index in [2.05, 4.69) is 11.9 Å². The maximum atomic E-state index is 12.6. The Morgan fingerprint density at radius 2 is 2.00 bits per heavy atom. The highest BCUT2D eigenvalue weighted by Crippen LogP contribution is 2.24. The van der Waals surface area contributed by atoms with E-state index in [0.717, 1.165) is 29.3 Å². The highest BCUT2D eigenvalue weighted by atomic mass is 16.5. The third-order valence-electron chi connectivity index (χ3n) is 5.28. The zero-order valence-corrected chi connectivity index (χ0v) is 16.2. The molecule has 2 heterocycles. The molecular formula is C23H22N2O4. The second-order valence-electron chi connectivity index (χ2n) is 7.09. The van der Waals surface area contributed by atoms with Crippen molar-refractivity contribution in [1.29, 1.82) is 0 Å². The molecule has 1 aliphatic rings. The van der Waals surface area contributed by atoms with Crippen molar-refractivity contribution in [2.75, 3.05) is 18.1 Å². The Kier molecular flexibility index (Phi) is 5.16. The Hall–Kier alpha value is -3.41. The maximum Gasteiger partial charge on any atom is 0.338 e. The number of ether oxygens (including phenoxy) is 1. The molecule has 3 aromatic rings. The van der Waals surface area contributed by atoms with Gasteiger partial charge < -0.3 is 14.6 Å². The van der Waals surface area contributed by atoms with Gasteiger partial charge in [-0.25, -0.2) is 4.79 Å². The van der Waals surface area contributed by atoms with Crippen LogP contribution in [-0.2, 0) is 16.0 Å². The molecule has 1 aliphatic heterocycles. The van der Waals surface area contributed by atoms with Crippen LogP contribution in [0.1, 0.15) is 46.0 Å². The Labute approximate surface area is 168 Å². The van der Waals surface area contributed by atoms with Crippen molar-refractivity contribution >= 4 is 34.3 Å². The number of H-pyrrole nitrogens is 1. The summed E-state index contributed by atoms with van der Waals surface area (Å²) in [6, 6.07) is 12.6. The molecule has 4 rings (SSSR count). The zero-order chi connectivity index (χ0) is 20.4. The van der Waals surface area contributed by atoms with E-state index < -0.39 is 5.97 Å². The molecule has 0 bridgehead atoms. The number of hydrogen-bond acceptors (Lipinski definition) is 4. The second-order valence-corrected chi connectivity index (χ2v) is 7.09.